The van der Waals surface area contributed by atoms with Gasteiger partial charge in [0.15, 0.2) is 0 Å². The summed E-state index contributed by atoms with van der Waals surface area (Å²) in [7, 11) is -2.47. The molecule has 0 spiro atoms. The zero-order valence-electron chi connectivity index (χ0n) is 13.6. The van der Waals surface area contributed by atoms with Crippen LogP contribution < -0.4 is 5.32 Å². The van der Waals surface area contributed by atoms with Crippen molar-refractivity contribution in [1.29, 1.82) is 0 Å². The topological polar surface area (TPSA) is 79.4 Å². The number of amides is 1. The van der Waals surface area contributed by atoms with E-state index < -0.39 is 15.9 Å². The summed E-state index contributed by atoms with van der Waals surface area (Å²) in [6, 6.07) is 8.28. The zero-order valence-corrected chi connectivity index (χ0v) is 15.1. The minimum absolute atomic E-state index is 0.0195. The van der Waals surface area contributed by atoms with Crippen LogP contribution in [0, 0.1) is 13.8 Å². The summed E-state index contributed by atoms with van der Waals surface area (Å²) >= 11 is 5.66. The van der Waals surface area contributed by atoms with E-state index in [9.17, 15) is 13.2 Å². The Labute approximate surface area is 146 Å². The Morgan fingerprint density at radius 1 is 1.25 bits per heavy atom. The van der Waals surface area contributed by atoms with E-state index in [1.165, 1.54) is 19.2 Å². The van der Waals surface area contributed by atoms with Crippen molar-refractivity contribution >= 4 is 33.2 Å². The summed E-state index contributed by atoms with van der Waals surface area (Å²) in [5, 5.41) is 2.93. The lowest BCUT2D eigenvalue weighted by Gasteiger charge is -2.17. The minimum Gasteiger partial charge on any atom is -0.325 e. The first-order valence-corrected chi connectivity index (χ1v) is 8.97. The first-order chi connectivity index (χ1) is 11.2. The highest BCUT2D eigenvalue weighted by atomic mass is 35.5. The highest BCUT2D eigenvalue weighted by Gasteiger charge is 2.23. The van der Waals surface area contributed by atoms with Crippen LogP contribution in [-0.4, -0.2) is 37.2 Å². The number of aromatic nitrogens is 1. The van der Waals surface area contributed by atoms with Gasteiger partial charge in [-0.25, -0.2) is 13.4 Å². The van der Waals surface area contributed by atoms with Crippen molar-refractivity contribution in [3.63, 3.8) is 0 Å². The highest BCUT2D eigenvalue weighted by molar-refractivity contribution is 7.89. The lowest BCUT2D eigenvalue weighted by atomic mass is 10.1. The van der Waals surface area contributed by atoms with Crippen molar-refractivity contribution in [3.8, 4) is 0 Å². The molecule has 8 heteroatoms. The molecule has 1 heterocycles. The Morgan fingerprint density at radius 2 is 1.96 bits per heavy atom. The zero-order chi connectivity index (χ0) is 17.9. The van der Waals surface area contributed by atoms with E-state index in [0.717, 1.165) is 21.6 Å². The van der Waals surface area contributed by atoms with E-state index in [4.69, 9.17) is 11.6 Å². The molecule has 0 saturated heterocycles. The maximum absolute atomic E-state index is 12.4. The van der Waals surface area contributed by atoms with E-state index in [1.807, 2.05) is 26.0 Å². The number of carbonyl (C=O) groups is 1. The number of halogens is 1. The van der Waals surface area contributed by atoms with Crippen LogP contribution in [0.3, 0.4) is 0 Å². The number of benzene rings is 1. The number of rotatable bonds is 5. The summed E-state index contributed by atoms with van der Waals surface area (Å²) < 4.78 is 25.8. The molecule has 1 N–H and O–H groups in total. The Kier molecular flexibility index (Phi) is 5.58. The second kappa shape index (κ2) is 7.29. The quantitative estimate of drug-likeness (QED) is 0.824. The molecule has 0 aliphatic rings. The highest BCUT2D eigenvalue weighted by Crippen LogP contribution is 2.19. The molecule has 0 radical (unpaired) electrons. The molecule has 1 aromatic carbocycles. The molecular weight excluding hydrogens is 350 g/mol. The lowest BCUT2D eigenvalue weighted by Crippen LogP contribution is -2.35. The standard InChI is InChI=1S/C16H18ClN3O3S/c1-11-5-4-6-14(12(11)2)19-16(21)10-20(3)24(22,23)13-7-8-15(17)18-9-13/h4-9H,10H2,1-3H3,(H,19,21). The van der Waals surface area contributed by atoms with Crippen LogP contribution >= 0.6 is 11.6 Å². The molecule has 0 fully saturated rings. The predicted molar refractivity (Wildman–Crippen MR) is 93.6 cm³/mol. The monoisotopic (exact) mass is 367 g/mol. The summed E-state index contributed by atoms with van der Waals surface area (Å²) in [6.45, 7) is 3.53. The van der Waals surface area contributed by atoms with Crippen molar-refractivity contribution in [1.82, 2.24) is 9.29 Å². The maximum Gasteiger partial charge on any atom is 0.244 e. The number of anilines is 1. The number of hydrogen-bond acceptors (Lipinski definition) is 4. The maximum atomic E-state index is 12.4. The van der Waals surface area contributed by atoms with Gasteiger partial charge in [0.1, 0.15) is 10.0 Å². The number of likely N-dealkylation sites (N-methyl/N-ethyl adjacent to an activating group) is 1. The summed E-state index contributed by atoms with van der Waals surface area (Å²) in [6.07, 6.45) is 1.16. The van der Waals surface area contributed by atoms with Gasteiger partial charge in [-0.15, -0.1) is 0 Å². The lowest BCUT2D eigenvalue weighted by molar-refractivity contribution is -0.116. The summed E-state index contributed by atoms with van der Waals surface area (Å²) in [4.78, 5) is 15.9. The van der Waals surface area contributed by atoms with Gasteiger partial charge in [0.05, 0.1) is 6.54 Å². The van der Waals surface area contributed by atoms with Crippen LogP contribution in [-0.2, 0) is 14.8 Å². The van der Waals surface area contributed by atoms with Crippen molar-refractivity contribution in [2.45, 2.75) is 18.7 Å². The number of nitrogens with zero attached hydrogens (tertiary/aromatic N) is 2. The van der Waals surface area contributed by atoms with Crippen LogP contribution in [0.5, 0.6) is 0 Å². The van der Waals surface area contributed by atoms with Gasteiger partial charge in [-0.1, -0.05) is 23.7 Å². The molecule has 0 unspecified atom stereocenters. The third-order valence-corrected chi connectivity index (χ3v) is 5.66. The van der Waals surface area contributed by atoms with Gasteiger partial charge in [-0.2, -0.15) is 4.31 Å². The van der Waals surface area contributed by atoms with Crippen LogP contribution in [0.15, 0.2) is 41.4 Å². The largest absolute Gasteiger partial charge is 0.325 e. The summed E-state index contributed by atoms with van der Waals surface area (Å²) in [5.41, 5.74) is 2.65. The fourth-order valence-corrected chi connectivity index (χ4v) is 3.24. The van der Waals surface area contributed by atoms with Crippen LogP contribution in [0.1, 0.15) is 11.1 Å². The number of nitrogens with one attached hydrogen (secondary N) is 1. The van der Waals surface area contributed by atoms with Gasteiger partial charge < -0.3 is 5.32 Å². The van der Waals surface area contributed by atoms with Gasteiger partial charge >= 0.3 is 0 Å². The van der Waals surface area contributed by atoms with Crippen molar-refractivity contribution in [2.24, 2.45) is 0 Å². The first kappa shape index (κ1) is 18.4. The minimum atomic E-state index is -3.81. The number of sulfonamides is 1. The SMILES string of the molecule is Cc1cccc(NC(=O)CN(C)S(=O)(=O)c2ccc(Cl)nc2)c1C. The molecule has 2 aromatic rings. The van der Waals surface area contributed by atoms with Crippen LogP contribution in [0.25, 0.3) is 0 Å². The fraction of sp³-hybridized carbons (Fsp3) is 0.250. The molecule has 24 heavy (non-hydrogen) atoms. The average Bonchev–Trinajstić information content (AvgIpc) is 2.52. The smallest absolute Gasteiger partial charge is 0.244 e. The third kappa shape index (κ3) is 4.11. The van der Waals surface area contributed by atoms with Gasteiger partial charge in [-0.3, -0.25) is 4.79 Å². The Hall–Kier alpha value is -1.96. The fourth-order valence-electron chi connectivity index (χ4n) is 2.06. The average molecular weight is 368 g/mol. The van der Waals surface area contributed by atoms with Gasteiger partial charge in [0.2, 0.25) is 15.9 Å². The van der Waals surface area contributed by atoms with E-state index in [1.54, 1.807) is 6.07 Å². The Morgan fingerprint density at radius 3 is 2.58 bits per heavy atom. The van der Waals surface area contributed by atoms with Crippen molar-refractivity contribution in [2.75, 3.05) is 18.9 Å². The first-order valence-electron chi connectivity index (χ1n) is 7.16. The van der Waals surface area contributed by atoms with Crippen LogP contribution in [0.2, 0.25) is 5.15 Å². The van der Waals surface area contributed by atoms with Crippen molar-refractivity contribution < 1.29 is 13.2 Å². The molecular formula is C16H18ClN3O3S. The van der Waals surface area contributed by atoms with Gasteiger partial charge in [0.25, 0.3) is 0 Å². The molecule has 0 bridgehead atoms. The van der Waals surface area contributed by atoms with E-state index in [-0.39, 0.29) is 16.6 Å². The molecule has 0 atom stereocenters. The normalized spacial score (nSPS) is 11.5. The van der Waals surface area contributed by atoms with E-state index in [2.05, 4.69) is 10.3 Å². The molecule has 0 aliphatic carbocycles. The van der Waals surface area contributed by atoms with E-state index >= 15 is 0 Å². The Balaban J connectivity index is 2.10. The molecule has 1 amide bonds. The predicted octanol–water partition coefficient (Wildman–Crippen LogP) is 2.61. The second-order valence-electron chi connectivity index (χ2n) is 5.37. The van der Waals surface area contributed by atoms with Crippen molar-refractivity contribution in [3.05, 3.63) is 52.8 Å². The number of hydrogen-bond donors (Lipinski definition) is 1. The molecule has 6 nitrogen and oxygen atoms in total. The third-order valence-electron chi connectivity index (χ3n) is 3.65. The molecule has 1 aromatic heterocycles. The van der Waals surface area contributed by atoms with Gasteiger partial charge in [-0.05, 0) is 43.2 Å². The second-order valence-corrected chi connectivity index (χ2v) is 7.81. The molecule has 0 saturated carbocycles. The van der Waals surface area contributed by atoms with E-state index in [0.29, 0.717) is 5.69 Å². The molecule has 0 aliphatic heterocycles. The number of carbonyl (C=O) groups excluding carboxylic acids is 1. The number of pyridine rings is 1. The Bertz CT molecular complexity index is 851. The van der Waals surface area contributed by atoms with Crippen LogP contribution in [0.4, 0.5) is 5.69 Å². The number of aryl methyl sites for hydroxylation is 1. The molecule has 2 rings (SSSR count). The van der Waals surface area contributed by atoms with Gasteiger partial charge in [0, 0.05) is 18.9 Å². The summed E-state index contributed by atoms with van der Waals surface area (Å²) in [5.74, 6) is -0.420. The molecule has 128 valence electrons.